The molecular weight excluding hydrogens is 414 g/mol. The van der Waals surface area contributed by atoms with E-state index in [1.165, 1.54) is 0 Å². The van der Waals surface area contributed by atoms with Crippen LogP contribution in [-0.2, 0) is 17.0 Å². The summed E-state index contributed by atoms with van der Waals surface area (Å²) in [6.07, 6.45) is 2.39. The van der Waals surface area contributed by atoms with Crippen molar-refractivity contribution < 1.29 is 9.26 Å². The van der Waals surface area contributed by atoms with Crippen molar-refractivity contribution in [1.82, 2.24) is 24.9 Å². The summed E-state index contributed by atoms with van der Waals surface area (Å²) in [5.74, 6) is 2.66. The van der Waals surface area contributed by atoms with Gasteiger partial charge in [-0.15, -0.1) is 21.5 Å². The average molecular weight is 432 g/mol. The largest absolute Gasteiger partial charge is 0.376 e. The van der Waals surface area contributed by atoms with Crippen LogP contribution in [0.15, 0.2) is 44.0 Å². The van der Waals surface area contributed by atoms with Gasteiger partial charge in [-0.2, -0.15) is 16.3 Å². The predicted molar refractivity (Wildman–Crippen MR) is 109 cm³/mol. The summed E-state index contributed by atoms with van der Waals surface area (Å²) < 4.78 is 13.4. The van der Waals surface area contributed by atoms with Crippen LogP contribution in [-0.4, -0.2) is 37.6 Å². The predicted octanol–water partition coefficient (Wildman–Crippen LogP) is 4.59. The van der Waals surface area contributed by atoms with Gasteiger partial charge in [0.05, 0.1) is 28.8 Å². The van der Waals surface area contributed by atoms with E-state index in [9.17, 15) is 0 Å². The van der Waals surface area contributed by atoms with Crippen LogP contribution >= 0.6 is 34.4 Å². The highest BCUT2D eigenvalue weighted by Gasteiger charge is 2.22. The lowest BCUT2D eigenvalue weighted by Crippen LogP contribution is -2.16. The molecular formula is C18H17N5O2S3. The van der Waals surface area contributed by atoms with Crippen molar-refractivity contribution in [2.75, 3.05) is 6.61 Å². The van der Waals surface area contributed by atoms with E-state index in [0.717, 1.165) is 47.4 Å². The minimum atomic E-state index is 0.212. The standard InChI is InChI=1S/C18H17N5O2S3/c1-3-13(24-6-1)9-23-16(14-4-2-7-27-14)20-21-18(23)28-11-15-19-17(25-22-15)12-5-8-26-10-12/h2,4-5,7-8,10,13H,1,3,6,9,11H2. The second-order valence-electron chi connectivity index (χ2n) is 6.35. The monoisotopic (exact) mass is 431 g/mol. The number of hydrogen-bond donors (Lipinski definition) is 0. The van der Waals surface area contributed by atoms with Gasteiger partial charge >= 0.3 is 0 Å². The number of thiophene rings is 2. The van der Waals surface area contributed by atoms with Crippen molar-refractivity contribution in [1.29, 1.82) is 0 Å². The Morgan fingerprint density at radius 2 is 2.25 bits per heavy atom. The van der Waals surface area contributed by atoms with E-state index in [0.29, 0.717) is 17.5 Å². The van der Waals surface area contributed by atoms with Gasteiger partial charge in [0.15, 0.2) is 16.8 Å². The Morgan fingerprint density at radius 3 is 3.04 bits per heavy atom. The van der Waals surface area contributed by atoms with Gasteiger partial charge in [0.2, 0.25) is 0 Å². The third-order valence-corrected chi connectivity index (χ3v) is 6.95. The molecule has 4 aromatic rings. The molecule has 0 aromatic carbocycles. The lowest BCUT2D eigenvalue weighted by atomic mass is 10.2. The Bertz CT molecular complexity index is 1020. The van der Waals surface area contributed by atoms with Crippen LogP contribution in [0, 0.1) is 0 Å². The molecule has 0 N–H and O–H groups in total. The Labute approximate surface area is 173 Å². The van der Waals surface area contributed by atoms with Crippen molar-refractivity contribution in [3.63, 3.8) is 0 Å². The van der Waals surface area contributed by atoms with Crippen LogP contribution in [0.1, 0.15) is 18.7 Å². The first-order valence-electron chi connectivity index (χ1n) is 8.93. The number of nitrogens with zero attached hydrogens (tertiary/aromatic N) is 5. The van der Waals surface area contributed by atoms with Gasteiger partial charge in [0.1, 0.15) is 0 Å². The summed E-state index contributed by atoms with van der Waals surface area (Å²) in [6, 6.07) is 6.07. The molecule has 5 heterocycles. The fraction of sp³-hybridized carbons (Fsp3) is 0.333. The molecule has 0 aliphatic carbocycles. The Kier molecular flexibility index (Phi) is 5.26. The SMILES string of the molecule is c1csc(-c2nnc(SCc3noc(-c4ccsc4)n3)n2CC2CCCO2)c1. The first-order valence-corrected chi connectivity index (χ1v) is 11.7. The zero-order valence-electron chi connectivity index (χ0n) is 14.9. The number of rotatable bonds is 7. The normalized spacial score (nSPS) is 16.8. The lowest BCUT2D eigenvalue weighted by Gasteiger charge is -2.13. The zero-order chi connectivity index (χ0) is 18.8. The lowest BCUT2D eigenvalue weighted by molar-refractivity contribution is 0.0953. The van der Waals surface area contributed by atoms with E-state index in [4.69, 9.17) is 9.26 Å². The molecule has 0 spiro atoms. The van der Waals surface area contributed by atoms with Gasteiger partial charge in [-0.25, -0.2) is 0 Å². The second-order valence-corrected chi connectivity index (χ2v) is 9.02. The molecule has 0 bridgehead atoms. The van der Waals surface area contributed by atoms with Crippen LogP contribution in [0.2, 0.25) is 0 Å². The average Bonchev–Trinajstić information content (AvgIpc) is 3.53. The second kappa shape index (κ2) is 8.16. The maximum absolute atomic E-state index is 5.84. The number of hydrogen-bond acceptors (Lipinski definition) is 9. The van der Waals surface area contributed by atoms with E-state index in [2.05, 4.69) is 36.4 Å². The van der Waals surface area contributed by atoms with Gasteiger partial charge in [-0.3, -0.25) is 4.57 Å². The first kappa shape index (κ1) is 18.0. The summed E-state index contributed by atoms with van der Waals surface area (Å²) in [5, 5.41) is 19.9. The van der Waals surface area contributed by atoms with E-state index < -0.39 is 0 Å². The molecule has 5 rings (SSSR count). The van der Waals surface area contributed by atoms with Crippen LogP contribution in [0.4, 0.5) is 0 Å². The van der Waals surface area contributed by atoms with Gasteiger partial charge in [-0.05, 0) is 35.7 Å². The molecule has 1 aliphatic rings. The third-order valence-electron chi connectivity index (χ3n) is 4.44. The maximum Gasteiger partial charge on any atom is 0.258 e. The topological polar surface area (TPSA) is 78.9 Å². The fourth-order valence-electron chi connectivity index (χ4n) is 3.09. The molecule has 7 nitrogen and oxygen atoms in total. The molecule has 0 amide bonds. The van der Waals surface area contributed by atoms with Gasteiger partial charge in [-0.1, -0.05) is 23.0 Å². The van der Waals surface area contributed by atoms with E-state index in [-0.39, 0.29) is 6.10 Å². The van der Waals surface area contributed by atoms with Crippen LogP contribution in [0.5, 0.6) is 0 Å². The molecule has 1 aliphatic heterocycles. The molecule has 1 unspecified atom stereocenters. The quantitative estimate of drug-likeness (QED) is 0.396. The third kappa shape index (κ3) is 3.77. The highest BCUT2D eigenvalue weighted by molar-refractivity contribution is 7.98. The number of ether oxygens (including phenoxy) is 1. The van der Waals surface area contributed by atoms with Crippen molar-refractivity contribution in [3.8, 4) is 22.2 Å². The van der Waals surface area contributed by atoms with E-state index >= 15 is 0 Å². The van der Waals surface area contributed by atoms with Crippen molar-refractivity contribution in [2.24, 2.45) is 0 Å². The minimum absolute atomic E-state index is 0.212. The summed E-state index contributed by atoms with van der Waals surface area (Å²) in [6.45, 7) is 1.59. The maximum atomic E-state index is 5.84. The minimum Gasteiger partial charge on any atom is -0.376 e. The molecule has 28 heavy (non-hydrogen) atoms. The van der Waals surface area contributed by atoms with Gasteiger partial charge < -0.3 is 9.26 Å². The van der Waals surface area contributed by atoms with Crippen LogP contribution in [0.25, 0.3) is 22.2 Å². The summed E-state index contributed by atoms with van der Waals surface area (Å²) >= 11 is 4.84. The zero-order valence-corrected chi connectivity index (χ0v) is 17.3. The number of thioether (sulfide) groups is 1. The van der Waals surface area contributed by atoms with Crippen LogP contribution in [0.3, 0.4) is 0 Å². The Balaban J connectivity index is 1.35. The fourth-order valence-corrected chi connectivity index (χ4v) is 5.22. The molecule has 1 fully saturated rings. The van der Waals surface area contributed by atoms with Crippen molar-refractivity contribution in [2.45, 2.75) is 36.4 Å². The van der Waals surface area contributed by atoms with Crippen LogP contribution < -0.4 is 0 Å². The molecule has 144 valence electrons. The molecule has 10 heteroatoms. The molecule has 0 saturated carbocycles. The van der Waals surface area contributed by atoms with Crippen molar-refractivity contribution >= 4 is 34.4 Å². The number of aromatic nitrogens is 5. The molecule has 1 saturated heterocycles. The van der Waals surface area contributed by atoms with Gasteiger partial charge in [0.25, 0.3) is 5.89 Å². The smallest absolute Gasteiger partial charge is 0.258 e. The molecule has 4 aromatic heterocycles. The molecule has 0 radical (unpaired) electrons. The van der Waals surface area contributed by atoms with E-state index in [1.807, 2.05) is 22.9 Å². The Morgan fingerprint density at radius 1 is 1.25 bits per heavy atom. The summed E-state index contributed by atoms with van der Waals surface area (Å²) in [5.41, 5.74) is 0.954. The van der Waals surface area contributed by atoms with E-state index in [1.54, 1.807) is 34.4 Å². The summed E-state index contributed by atoms with van der Waals surface area (Å²) in [4.78, 5) is 5.59. The Hall–Kier alpha value is -2.01. The first-order chi connectivity index (χ1) is 13.9. The van der Waals surface area contributed by atoms with Crippen molar-refractivity contribution in [3.05, 3.63) is 40.2 Å². The highest BCUT2D eigenvalue weighted by atomic mass is 32.2. The summed E-state index contributed by atoms with van der Waals surface area (Å²) in [7, 11) is 0. The highest BCUT2D eigenvalue weighted by Crippen LogP contribution is 2.30. The van der Waals surface area contributed by atoms with Gasteiger partial charge in [0, 0.05) is 12.0 Å². The molecule has 1 atom stereocenters.